The van der Waals surface area contributed by atoms with Gasteiger partial charge in [-0.2, -0.15) is 0 Å². The molecule has 0 spiro atoms. The molecule has 0 aliphatic carbocycles. The molecule has 2 rings (SSSR count). The quantitative estimate of drug-likeness (QED) is 0.712. The maximum atomic E-state index is 11.0. The van der Waals surface area contributed by atoms with Gasteiger partial charge in [0.2, 0.25) is 0 Å². The molecule has 1 unspecified atom stereocenters. The average molecular weight is 305 g/mol. The van der Waals surface area contributed by atoms with E-state index in [1.165, 1.54) is 23.3 Å². The Morgan fingerprint density at radius 3 is 3.11 bits per heavy atom. The number of nitrogens with one attached hydrogen (secondary N) is 2. The Bertz CT molecular complexity index is 526. The van der Waals surface area contributed by atoms with Gasteiger partial charge in [-0.15, -0.1) is 11.3 Å². The van der Waals surface area contributed by atoms with E-state index < -0.39 is 17.0 Å². The fourth-order valence-electron chi connectivity index (χ4n) is 1.33. The fraction of sp³-hybridized carbons (Fsp3) is 0.333. The summed E-state index contributed by atoms with van der Waals surface area (Å²) in [6.45, 7) is 0.507. The summed E-state index contributed by atoms with van der Waals surface area (Å²) in [6.07, 6.45) is 1.46. The van der Waals surface area contributed by atoms with Crippen LogP contribution in [-0.2, 0) is 22.3 Å². The maximum absolute atomic E-state index is 11.0. The van der Waals surface area contributed by atoms with Crippen LogP contribution in [0.1, 0.15) is 12.0 Å². The van der Waals surface area contributed by atoms with E-state index in [2.05, 4.69) is 14.4 Å². The molecule has 0 saturated heterocycles. The molecular weight excluding hydrogens is 294 g/mol. The van der Waals surface area contributed by atoms with E-state index in [4.69, 9.17) is 5.11 Å². The van der Waals surface area contributed by atoms with Crippen molar-refractivity contribution in [1.29, 1.82) is 0 Å². The first-order valence-corrected chi connectivity index (χ1v) is 8.21. The molecule has 1 aromatic rings. The summed E-state index contributed by atoms with van der Waals surface area (Å²) < 4.78 is 16.7. The molecule has 1 aliphatic rings. The van der Waals surface area contributed by atoms with Crippen LogP contribution in [0.4, 0.5) is 5.00 Å². The van der Waals surface area contributed by atoms with Crippen molar-refractivity contribution in [3.05, 3.63) is 10.9 Å². The number of hydrogen-bond donors (Lipinski definition) is 3. The first-order valence-electron chi connectivity index (χ1n) is 4.95. The van der Waals surface area contributed by atoms with Crippen molar-refractivity contribution in [2.24, 2.45) is 4.99 Å². The molecule has 0 fully saturated rings. The van der Waals surface area contributed by atoms with Gasteiger partial charge in [-0.3, -0.25) is 4.79 Å². The third kappa shape index (κ3) is 3.31. The Balaban J connectivity index is 2.13. The fourth-order valence-corrected chi connectivity index (χ4v) is 3.62. The Kier molecular flexibility index (Phi) is 4.38. The Morgan fingerprint density at radius 2 is 2.44 bits per heavy atom. The number of fused-ring (bicyclic) bond motifs is 1. The molecule has 98 valence electrons. The van der Waals surface area contributed by atoms with Crippen LogP contribution < -0.4 is 9.44 Å². The van der Waals surface area contributed by atoms with Gasteiger partial charge in [-0.1, -0.05) is 0 Å². The summed E-state index contributed by atoms with van der Waals surface area (Å²) in [4.78, 5) is 15.8. The lowest BCUT2D eigenvalue weighted by atomic mass is 10.3. The van der Waals surface area contributed by atoms with Crippen molar-refractivity contribution in [2.75, 3.05) is 6.26 Å². The standard InChI is InChI=1S/C9H11N3O3S3/c1-18(15)10-3-5-4-16-9-8(5)17-12-6(11-9)2-7(13)14/h4,10H,2-3H2,1H3,(H,11,12)(H,13,14). The highest BCUT2D eigenvalue weighted by atomic mass is 32.2. The Hall–Kier alpha value is -0.900. The average Bonchev–Trinajstić information content (AvgIpc) is 2.68. The monoisotopic (exact) mass is 305 g/mol. The number of thiophene rings is 1. The van der Waals surface area contributed by atoms with Gasteiger partial charge in [0.1, 0.15) is 17.3 Å². The molecule has 2 heterocycles. The molecule has 1 atom stereocenters. The Labute approximate surface area is 115 Å². The van der Waals surface area contributed by atoms with Gasteiger partial charge in [-0.25, -0.2) is 13.9 Å². The van der Waals surface area contributed by atoms with E-state index in [0.717, 1.165) is 15.5 Å². The summed E-state index contributed by atoms with van der Waals surface area (Å²) in [5.74, 6) is -0.467. The van der Waals surface area contributed by atoms with Gasteiger partial charge < -0.3 is 9.83 Å². The summed E-state index contributed by atoms with van der Waals surface area (Å²) in [6, 6.07) is 0. The number of carboxylic acid groups (broad SMARTS) is 1. The lowest BCUT2D eigenvalue weighted by molar-refractivity contribution is -0.135. The predicted octanol–water partition coefficient (Wildman–Crippen LogP) is 1.25. The number of aliphatic imine (C=N–C) groups is 1. The third-order valence-corrected chi connectivity index (χ3v) is 4.69. The normalized spacial score (nSPS) is 15.5. The number of carbonyl (C=O) groups is 1. The third-order valence-electron chi connectivity index (χ3n) is 2.09. The van der Waals surface area contributed by atoms with Crippen LogP contribution in [0.25, 0.3) is 0 Å². The van der Waals surface area contributed by atoms with Crippen molar-refractivity contribution >= 4 is 51.1 Å². The van der Waals surface area contributed by atoms with E-state index in [0.29, 0.717) is 12.4 Å². The smallest absolute Gasteiger partial charge is 0.311 e. The van der Waals surface area contributed by atoms with Crippen molar-refractivity contribution in [3.63, 3.8) is 0 Å². The van der Waals surface area contributed by atoms with Gasteiger partial charge in [0.25, 0.3) is 0 Å². The Morgan fingerprint density at radius 1 is 1.67 bits per heavy atom. The molecule has 1 aromatic heterocycles. The van der Waals surface area contributed by atoms with Gasteiger partial charge in [0.15, 0.2) is 0 Å². The largest absolute Gasteiger partial charge is 0.481 e. The number of hydrogen-bond acceptors (Lipinski definition) is 6. The number of aliphatic carboxylic acids is 1. The van der Waals surface area contributed by atoms with Crippen molar-refractivity contribution < 1.29 is 14.1 Å². The summed E-state index contributed by atoms with van der Waals surface area (Å²) >= 11 is 2.81. The number of nitrogens with zero attached hydrogens (tertiary/aromatic N) is 1. The molecule has 0 aromatic carbocycles. The minimum Gasteiger partial charge on any atom is -0.481 e. The minimum atomic E-state index is -1.05. The number of carboxylic acids is 1. The molecule has 0 bridgehead atoms. The molecule has 1 aliphatic heterocycles. The zero-order valence-corrected chi connectivity index (χ0v) is 11.9. The van der Waals surface area contributed by atoms with E-state index in [1.807, 2.05) is 5.38 Å². The van der Waals surface area contributed by atoms with Crippen LogP contribution in [-0.4, -0.2) is 27.4 Å². The highest BCUT2D eigenvalue weighted by Gasteiger charge is 2.19. The van der Waals surface area contributed by atoms with Crippen LogP contribution in [0.15, 0.2) is 15.3 Å². The first kappa shape index (κ1) is 13.5. The van der Waals surface area contributed by atoms with Crippen molar-refractivity contribution in [2.45, 2.75) is 17.9 Å². The van der Waals surface area contributed by atoms with E-state index in [1.54, 1.807) is 6.26 Å². The van der Waals surface area contributed by atoms with Crippen LogP contribution in [0.2, 0.25) is 0 Å². The van der Waals surface area contributed by atoms with E-state index in [-0.39, 0.29) is 6.42 Å². The van der Waals surface area contributed by atoms with Crippen LogP contribution in [0.5, 0.6) is 0 Å². The van der Waals surface area contributed by atoms with Crippen LogP contribution in [0, 0.1) is 0 Å². The van der Waals surface area contributed by atoms with Gasteiger partial charge in [-0.05, 0) is 22.9 Å². The SMILES string of the molecule is CS(=O)NCc1csc2c1SNC(CC(=O)O)=N2. The molecule has 18 heavy (non-hydrogen) atoms. The van der Waals surface area contributed by atoms with Crippen LogP contribution in [0.3, 0.4) is 0 Å². The molecule has 0 saturated carbocycles. The van der Waals surface area contributed by atoms with Crippen molar-refractivity contribution in [1.82, 2.24) is 9.44 Å². The second kappa shape index (κ2) is 5.83. The molecule has 0 radical (unpaired) electrons. The minimum absolute atomic E-state index is 0.114. The van der Waals surface area contributed by atoms with E-state index in [9.17, 15) is 9.00 Å². The molecular formula is C9H11N3O3S3. The van der Waals surface area contributed by atoms with Crippen molar-refractivity contribution in [3.8, 4) is 0 Å². The van der Waals surface area contributed by atoms with Gasteiger partial charge in [0.05, 0.1) is 15.9 Å². The molecule has 3 N–H and O–H groups in total. The summed E-state index contributed by atoms with van der Waals surface area (Å²) in [7, 11) is -1.05. The maximum Gasteiger partial charge on any atom is 0.311 e. The predicted molar refractivity (Wildman–Crippen MR) is 73.6 cm³/mol. The lowest BCUT2D eigenvalue weighted by Gasteiger charge is -2.13. The van der Waals surface area contributed by atoms with Gasteiger partial charge >= 0.3 is 5.97 Å². The van der Waals surface area contributed by atoms with E-state index >= 15 is 0 Å². The topological polar surface area (TPSA) is 90.8 Å². The molecule has 0 amide bonds. The first-order chi connectivity index (χ1) is 8.56. The highest BCUT2D eigenvalue weighted by Crippen LogP contribution is 2.40. The zero-order chi connectivity index (χ0) is 13.1. The van der Waals surface area contributed by atoms with Crippen LogP contribution >= 0.6 is 23.3 Å². The number of amidine groups is 1. The summed E-state index contributed by atoms with van der Waals surface area (Å²) in [5.41, 5.74) is 1.01. The zero-order valence-electron chi connectivity index (χ0n) is 9.43. The summed E-state index contributed by atoms with van der Waals surface area (Å²) in [5, 5.41) is 11.4. The highest BCUT2D eigenvalue weighted by molar-refractivity contribution is 7.98. The molecule has 9 heteroatoms. The number of rotatable bonds is 5. The molecule has 6 nitrogen and oxygen atoms in total. The lowest BCUT2D eigenvalue weighted by Crippen LogP contribution is -2.22. The second-order valence-corrected chi connectivity index (χ2v) is 6.38. The van der Waals surface area contributed by atoms with Gasteiger partial charge in [0, 0.05) is 12.8 Å². The second-order valence-electron chi connectivity index (χ2n) is 3.50.